The van der Waals surface area contributed by atoms with E-state index >= 15 is 0 Å². The Balaban J connectivity index is 2.43. The number of nitrogens with two attached hydrogens (primary N) is 1. The normalized spacial score (nSPS) is 25.7. The lowest BCUT2D eigenvalue weighted by molar-refractivity contribution is -0.0177. The SMILES string of the molecule is CC[C@H](N)CN1CCCOC(C)(C)C1. The fourth-order valence-electron chi connectivity index (χ4n) is 1.92. The van der Waals surface area contributed by atoms with E-state index in [1.165, 1.54) is 0 Å². The third kappa shape index (κ3) is 3.95. The van der Waals surface area contributed by atoms with E-state index < -0.39 is 0 Å². The van der Waals surface area contributed by atoms with E-state index in [0.717, 1.165) is 39.1 Å². The number of hydrogen-bond donors (Lipinski definition) is 1. The van der Waals surface area contributed by atoms with Gasteiger partial charge in [0.25, 0.3) is 0 Å². The summed E-state index contributed by atoms with van der Waals surface area (Å²) >= 11 is 0. The molecular formula is C11H24N2O. The maximum atomic E-state index is 5.96. The maximum Gasteiger partial charge on any atom is 0.0752 e. The van der Waals surface area contributed by atoms with Gasteiger partial charge in [0.2, 0.25) is 0 Å². The van der Waals surface area contributed by atoms with Gasteiger partial charge >= 0.3 is 0 Å². The van der Waals surface area contributed by atoms with Crippen molar-refractivity contribution in [2.45, 2.75) is 45.3 Å². The van der Waals surface area contributed by atoms with Crippen LogP contribution in [0.2, 0.25) is 0 Å². The van der Waals surface area contributed by atoms with E-state index in [0.29, 0.717) is 6.04 Å². The second-order valence-corrected chi connectivity index (χ2v) is 4.87. The summed E-state index contributed by atoms with van der Waals surface area (Å²) in [5.41, 5.74) is 5.95. The molecule has 1 aliphatic rings. The van der Waals surface area contributed by atoms with Gasteiger partial charge in [-0.05, 0) is 26.7 Å². The molecule has 0 amide bonds. The number of hydrogen-bond acceptors (Lipinski definition) is 3. The molecule has 0 radical (unpaired) electrons. The summed E-state index contributed by atoms with van der Waals surface area (Å²) in [6.45, 7) is 10.5. The number of rotatable bonds is 3. The minimum Gasteiger partial charge on any atom is -0.374 e. The fraction of sp³-hybridized carbons (Fsp3) is 1.00. The van der Waals surface area contributed by atoms with E-state index in [1.54, 1.807) is 0 Å². The Labute approximate surface area is 87.6 Å². The van der Waals surface area contributed by atoms with Gasteiger partial charge in [-0.25, -0.2) is 0 Å². The van der Waals surface area contributed by atoms with E-state index in [4.69, 9.17) is 10.5 Å². The summed E-state index contributed by atoms with van der Waals surface area (Å²) in [6, 6.07) is 0.309. The Morgan fingerprint density at radius 1 is 1.50 bits per heavy atom. The first-order valence-corrected chi connectivity index (χ1v) is 5.65. The van der Waals surface area contributed by atoms with Crippen molar-refractivity contribution < 1.29 is 4.74 Å². The van der Waals surface area contributed by atoms with Gasteiger partial charge in [-0.15, -0.1) is 0 Å². The maximum absolute atomic E-state index is 5.96. The van der Waals surface area contributed by atoms with Gasteiger partial charge in [0.1, 0.15) is 0 Å². The lowest BCUT2D eigenvalue weighted by atomic mass is 10.1. The minimum atomic E-state index is -0.00996. The van der Waals surface area contributed by atoms with Gasteiger partial charge in [-0.2, -0.15) is 0 Å². The number of ether oxygens (including phenoxy) is 1. The van der Waals surface area contributed by atoms with Crippen LogP contribution in [0.15, 0.2) is 0 Å². The quantitative estimate of drug-likeness (QED) is 0.744. The zero-order valence-electron chi connectivity index (χ0n) is 9.75. The van der Waals surface area contributed by atoms with Crippen molar-refractivity contribution in [3.63, 3.8) is 0 Å². The molecule has 0 spiro atoms. The summed E-state index contributed by atoms with van der Waals surface area (Å²) < 4.78 is 5.75. The standard InChI is InChI=1S/C11H24N2O/c1-4-10(12)8-13-6-5-7-14-11(2,3)9-13/h10H,4-9,12H2,1-3H3/t10-/m0/s1. The van der Waals surface area contributed by atoms with Crippen LogP contribution in [0.4, 0.5) is 0 Å². The van der Waals surface area contributed by atoms with Crippen LogP contribution in [-0.4, -0.2) is 42.8 Å². The van der Waals surface area contributed by atoms with E-state index in [-0.39, 0.29) is 5.60 Å². The highest BCUT2D eigenvalue weighted by Gasteiger charge is 2.25. The molecule has 1 fully saturated rings. The van der Waals surface area contributed by atoms with Gasteiger partial charge in [0.15, 0.2) is 0 Å². The Kier molecular flexibility index (Phi) is 4.35. The average Bonchev–Trinajstić information content (AvgIpc) is 2.26. The molecule has 0 aromatic carbocycles. The Bertz CT molecular complexity index is 171. The molecule has 0 aliphatic carbocycles. The molecular weight excluding hydrogens is 176 g/mol. The van der Waals surface area contributed by atoms with Crippen molar-refractivity contribution in [3.05, 3.63) is 0 Å². The number of nitrogens with zero attached hydrogens (tertiary/aromatic N) is 1. The summed E-state index contributed by atoms with van der Waals surface area (Å²) in [7, 11) is 0. The topological polar surface area (TPSA) is 38.5 Å². The Hall–Kier alpha value is -0.120. The first-order valence-electron chi connectivity index (χ1n) is 5.65. The highest BCUT2D eigenvalue weighted by molar-refractivity contribution is 4.79. The molecule has 1 rings (SSSR count). The first kappa shape index (κ1) is 12.0. The van der Waals surface area contributed by atoms with E-state index in [2.05, 4.69) is 25.7 Å². The van der Waals surface area contributed by atoms with Crippen LogP contribution < -0.4 is 5.73 Å². The van der Waals surface area contributed by atoms with Crippen molar-refractivity contribution in [2.24, 2.45) is 5.73 Å². The van der Waals surface area contributed by atoms with Crippen molar-refractivity contribution >= 4 is 0 Å². The third-order valence-electron chi connectivity index (χ3n) is 2.73. The van der Waals surface area contributed by atoms with Crippen LogP contribution in [0.25, 0.3) is 0 Å². The Morgan fingerprint density at radius 3 is 2.86 bits per heavy atom. The fourth-order valence-corrected chi connectivity index (χ4v) is 1.92. The zero-order chi connectivity index (χ0) is 10.6. The van der Waals surface area contributed by atoms with Crippen LogP contribution in [0, 0.1) is 0 Å². The van der Waals surface area contributed by atoms with E-state index in [9.17, 15) is 0 Å². The largest absolute Gasteiger partial charge is 0.374 e. The molecule has 0 bridgehead atoms. The molecule has 0 saturated carbocycles. The first-order chi connectivity index (χ1) is 6.53. The second kappa shape index (κ2) is 5.10. The van der Waals surface area contributed by atoms with Gasteiger partial charge in [0, 0.05) is 32.3 Å². The minimum absolute atomic E-state index is 0.00996. The third-order valence-corrected chi connectivity index (χ3v) is 2.73. The molecule has 2 N–H and O–H groups in total. The van der Waals surface area contributed by atoms with Crippen LogP contribution in [0.3, 0.4) is 0 Å². The summed E-state index contributed by atoms with van der Waals surface area (Å²) in [4.78, 5) is 2.43. The van der Waals surface area contributed by atoms with Crippen LogP contribution >= 0.6 is 0 Å². The van der Waals surface area contributed by atoms with Gasteiger partial charge < -0.3 is 10.5 Å². The molecule has 1 aliphatic heterocycles. The van der Waals surface area contributed by atoms with Crippen molar-refractivity contribution in [3.8, 4) is 0 Å². The van der Waals surface area contributed by atoms with Gasteiger partial charge in [-0.3, -0.25) is 4.90 Å². The van der Waals surface area contributed by atoms with Gasteiger partial charge in [-0.1, -0.05) is 6.92 Å². The Morgan fingerprint density at radius 2 is 2.21 bits per heavy atom. The molecule has 0 unspecified atom stereocenters. The predicted molar refractivity (Wildman–Crippen MR) is 59.4 cm³/mol. The summed E-state index contributed by atoms with van der Waals surface area (Å²) in [5.74, 6) is 0. The monoisotopic (exact) mass is 200 g/mol. The highest BCUT2D eigenvalue weighted by Crippen LogP contribution is 2.16. The molecule has 3 heteroatoms. The molecule has 0 aromatic rings. The highest BCUT2D eigenvalue weighted by atomic mass is 16.5. The lowest BCUT2D eigenvalue weighted by Gasteiger charge is -2.30. The second-order valence-electron chi connectivity index (χ2n) is 4.87. The molecule has 1 heterocycles. The van der Waals surface area contributed by atoms with Crippen LogP contribution in [0.5, 0.6) is 0 Å². The summed E-state index contributed by atoms with van der Waals surface area (Å²) in [6.07, 6.45) is 2.18. The van der Waals surface area contributed by atoms with Crippen molar-refractivity contribution in [1.82, 2.24) is 4.90 Å². The molecule has 14 heavy (non-hydrogen) atoms. The molecule has 0 aromatic heterocycles. The molecule has 1 atom stereocenters. The van der Waals surface area contributed by atoms with Crippen LogP contribution in [0.1, 0.15) is 33.6 Å². The van der Waals surface area contributed by atoms with E-state index in [1.807, 2.05) is 0 Å². The predicted octanol–water partition coefficient (Wildman–Crippen LogP) is 1.22. The molecule has 84 valence electrons. The lowest BCUT2D eigenvalue weighted by Crippen LogP contribution is -2.43. The van der Waals surface area contributed by atoms with Crippen molar-refractivity contribution in [2.75, 3.05) is 26.2 Å². The average molecular weight is 200 g/mol. The summed E-state index contributed by atoms with van der Waals surface area (Å²) in [5, 5.41) is 0. The van der Waals surface area contributed by atoms with Crippen molar-refractivity contribution in [1.29, 1.82) is 0 Å². The van der Waals surface area contributed by atoms with Crippen LogP contribution in [-0.2, 0) is 4.74 Å². The smallest absolute Gasteiger partial charge is 0.0752 e. The van der Waals surface area contributed by atoms with Gasteiger partial charge in [0.05, 0.1) is 5.60 Å². The molecule has 1 saturated heterocycles. The zero-order valence-corrected chi connectivity index (χ0v) is 9.75. The molecule has 3 nitrogen and oxygen atoms in total.